The van der Waals surface area contributed by atoms with Crippen molar-refractivity contribution in [1.82, 2.24) is 14.7 Å². The molecule has 1 amide bonds. The Kier molecular flexibility index (Phi) is 6.14. The number of fused-ring (bicyclic) bond motifs is 1. The average Bonchev–Trinajstić information content (AvgIpc) is 3.45. The molecule has 5 nitrogen and oxygen atoms in total. The molecule has 0 aromatic heterocycles. The Morgan fingerprint density at radius 1 is 1.00 bits per heavy atom. The fourth-order valence-electron chi connectivity index (χ4n) is 6.11. The van der Waals surface area contributed by atoms with Gasteiger partial charge in [-0.05, 0) is 56.3 Å². The molecule has 0 unspecified atom stereocenters. The molecule has 2 fully saturated rings. The van der Waals surface area contributed by atoms with Crippen LogP contribution in [0.25, 0.3) is 0 Å². The lowest BCUT2D eigenvalue weighted by molar-refractivity contribution is -0.129. The van der Waals surface area contributed by atoms with Crippen molar-refractivity contribution in [3.05, 3.63) is 65.0 Å². The number of hydrogen-bond donors (Lipinski definition) is 0. The Morgan fingerprint density at radius 2 is 1.73 bits per heavy atom. The highest BCUT2D eigenvalue weighted by atomic mass is 19.1. The summed E-state index contributed by atoms with van der Waals surface area (Å²) in [5.41, 5.74) is 4.69. The number of likely N-dealkylation sites (tertiary alicyclic amines) is 1. The minimum Gasteiger partial charge on any atom is -0.368 e. The molecule has 176 valence electrons. The number of amides is 1. The van der Waals surface area contributed by atoms with Gasteiger partial charge in [0.1, 0.15) is 5.82 Å². The topological polar surface area (TPSA) is 30.0 Å². The lowest BCUT2D eigenvalue weighted by atomic mass is 9.93. The third-order valence-corrected chi connectivity index (χ3v) is 8.00. The Labute approximate surface area is 196 Å². The number of likely N-dealkylation sites (N-methyl/N-ethyl adjacent to an activating group) is 1. The lowest BCUT2D eigenvalue weighted by Crippen LogP contribution is -2.48. The van der Waals surface area contributed by atoms with Crippen LogP contribution in [0.3, 0.4) is 0 Å². The number of hydrogen-bond acceptors (Lipinski definition) is 4. The second-order valence-corrected chi connectivity index (χ2v) is 10.0. The van der Waals surface area contributed by atoms with E-state index in [0.29, 0.717) is 12.0 Å². The fourth-order valence-corrected chi connectivity index (χ4v) is 6.11. The first-order valence-electron chi connectivity index (χ1n) is 12.2. The van der Waals surface area contributed by atoms with E-state index in [1.165, 1.54) is 16.8 Å². The molecular formula is C27H35FN4O. The SMILES string of the molecule is CC(=O)N1CCN(c2ccc([C@@H]3CN([C@H]4CCc5cccc(F)c54)C[C@H]3N(C)C)cc2)CC1. The summed E-state index contributed by atoms with van der Waals surface area (Å²) in [7, 11) is 4.32. The molecule has 0 radical (unpaired) electrons. The Hall–Kier alpha value is -2.44. The summed E-state index contributed by atoms with van der Waals surface area (Å²) < 4.78 is 14.7. The summed E-state index contributed by atoms with van der Waals surface area (Å²) >= 11 is 0. The van der Waals surface area contributed by atoms with E-state index in [-0.39, 0.29) is 17.8 Å². The average molecular weight is 451 g/mol. The van der Waals surface area contributed by atoms with E-state index in [9.17, 15) is 9.18 Å². The van der Waals surface area contributed by atoms with Crippen LogP contribution in [0.1, 0.15) is 42.0 Å². The third kappa shape index (κ3) is 4.26. The molecule has 33 heavy (non-hydrogen) atoms. The summed E-state index contributed by atoms with van der Waals surface area (Å²) in [6, 6.07) is 15.2. The molecule has 3 atom stereocenters. The van der Waals surface area contributed by atoms with E-state index >= 15 is 0 Å². The van der Waals surface area contributed by atoms with Gasteiger partial charge in [-0.1, -0.05) is 24.3 Å². The van der Waals surface area contributed by atoms with E-state index in [2.05, 4.69) is 59.1 Å². The van der Waals surface area contributed by atoms with E-state index < -0.39 is 0 Å². The first kappa shape index (κ1) is 22.4. The zero-order valence-electron chi connectivity index (χ0n) is 20.0. The number of nitrogens with zero attached hydrogens (tertiary/aromatic N) is 4. The van der Waals surface area contributed by atoms with Crippen molar-refractivity contribution in [1.29, 1.82) is 0 Å². The molecule has 2 aromatic carbocycles. The predicted molar refractivity (Wildman–Crippen MR) is 130 cm³/mol. The number of carbonyl (C=O) groups excluding carboxylic acids is 1. The molecule has 1 aliphatic carbocycles. The highest BCUT2D eigenvalue weighted by Crippen LogP contribution is 2.42. The Balaban J connectivity index is 1.31. The number of piperazine rings is 1. The Bertz CT molecular complexity index is 1000. The van der Waals surface area contributed by atoms with Gasteiger partial charge in [0.2, 0.25) is 5.91 Å². The second kappa shape index (κ2) is 9.07. The zero-order valence-corrected chi connectivity index (χ0v) is 20.0. The van der Waals surface area contributed by atoms with E-state index in [4.69, 9.17) is 0 Å². The van der Waals surface area contributed by atoms with E-state index in [1.54, 1.807) is 13.0 Å². The van der Waals surface area contributed by atoms with Crippen LogP contribution in [0.2, 0.25) is 0 Å². The first-order chi connectivity index (χ1) is 15.9. The van der Waals surface area contributed by atoms with Crippen LogP contribution in [0.15, 0.2) is 42.5 Å². The molecule has 2 aromatic rings. The number of carbonyl (C=O) groups is 1. The van der Waals surface area contributed by atoms with Crippen molar-refractivity contribution < 1.29 is 9.18 Å². The number of halogens is 1. The summed E-state index contributed by atoms with van der Waals surface area (Å²) in [6.45, 7) is 6.90. The Morgan fingerprint density at radius 3 is 2.39 bits per heavy atom. The second-order valence-electron chi connectivity index (χ2n) is 10.0. The van der Waals surface area contributed by atoms with Crippen LogP contribution >= 0.6 is 0 Å². The monoisotopic (exact) mass is 450 g/mol. The van der Waals surface area contributed by atoms with Gasteiger partial charge >= 0.3 is 0 Å². The van der Waals surface area contributed by atoms with E-state index in [0.717, 1.165) is 57.7 Å². The van der Waals surface area contributed by atoms with Gasteiger partial charge in [-0.3, -0.25) is 9.69 Å². The van der Waals surface area contributed by atoms with Crippen LogP contribution < -0.4 is 4.90 Å². The quantitative estimate of drug-likeness (QED) is 0.713. The van der Waals surface area contributed by atoms with Gasteiger partial charge in [0.25, 0.3) is 0 Å². The van der Waals surface area contributed by atoms with Gasteiger partial charge < -0.3 is 14.7 Å². The van der Waals surface area contributed by atoms with Crippen molar-refractivity contribution >= 4 is 11.6 Å². The number of aryl methyl sites for hydroxylation is 1. The maximum atomic E-state index is 14.7. The van der Waals surface area contributed by atoms with Crippen molar-refractivity contribution in [2.24, 2.45) is 0 Å². The molecule has 0 N–H and O–H groups in total. The predicted octanol–water partition coefficient (Wildman–Crippen LogP) is 3.51. The molecule has 2 aliphatic heterocycles. The van der Waals surface area contributed by atoms with Gasteiger partial charge in [0, 0.05) is 75.4 Å². The van der Waals surface area contributed by atoms with Crippen LogP contribution in [0.5, 0.6) is 0 Å². The molecule has 5 rings (SSSR count). The van der Waals surface area contributed by atoms with Crippen LogP contribution in [0.4, 0.5) is 10.1 Å². The smallest absolute Gasteiger partial charge is 0.219 e. The molecular weight excluding hydrogens is 415 g/mol. The largest absolute Gasteiger partial charge is 0.368 e. The summed E-state index contributed by atoms with van der Waals surface area (Å²) in [6.07, 6.45) is 1.98. The summed E-state index contributed by atoms with van der Waals surface area (Å²) in [4.78, 5) is 20.7. The van der Waals surface area contributed by atoms with Gasteiger partial charge in [-0.2, -0.15) is 0 Å². The van der Waals surface area contributed by atoms with Crippen LogP contribution in [-0.4, -0.2) is 80.0 Å². The maximum absolute atomic E-state index is 14.7. The lowest BCUT2D eigenvalue weighted by Gasteiger charge is -2.35. The highest BCUT2D eigenvalue weighted by Gasteiger charge is 2.41. The van der Waals surface area contributed by atoms with Gasteiger partial charge in [-0.15, -0.1) is 0 Å². The van der Waals surface area contributed by atoms with Crippen LogP contribution in [-0.2, 0) is 11.2 Å². The summed E-state index contributed by atoms with van der Waals surface area (Å²) in [5.74, 6) is 0.517. The zero-order chi connectivity index (χ0) is 23.1. The van der Waals surface area contributed by atoms with Crippen molar-refractivity contribution in [3.63, 3.8) is 0 Å². The van der Waals surface area contributed by atoms with Crippen LogP contribution in [0, 0.1) is 5.82 Å². The number of rotatable bonds is 4. The molecule has 3 aliphatic rings. The minimum absolute atomic E-state index is 0.0472. The molecule has 6 heteroatoms. The summed E-state index contributed by atoms with van der Waals surface area (Å²) in [5, 5.41) is 0. The van der Waals surface area contributed by atoms with Gasteiger partial charge in [0.15, 0.2) is 0 Å². The molecule has 0 saturated carbocycles. The highest BCUT2D eigenvalue weighted by molar-refractivity contribution is 5.73. The van der Waals surface area contributed by atoms with Gasteiger partial charge in [0.05, 0.1) is 0 Å². The van der Waals surface area contributed by atoms with Crippen molar-refractivity contribution in [2.45, 2.75) is 37.8 Å². The third-order valence-electron chi connectivity index (χ3n) is 8.00. The fraction of sp³-hybridized carbons (Fsp3) is 0.519. The molecule has 2 saturated heterocycles. The normalized spacial score (nSPS) is 25.7. The number of anilines is 1. The molecule has 2 heterocycles. The number of benzene rings is 2. The van der Waals surface area contributed by atoms with E-state index in [1.807, 2.05) is 11.0 Å². The standard InChI is InChI=1S/C27H35FN4O/c1-19(33)30-13-15-31(16-14-30)22-10-7-20(8-11-22)23-17-32(18-26(23)29(2)3)25-12-9-21-5-4-6-24(28)27(21)25/h4-8,10-11,23,25-26H,9,12-18H2,1-3H3/t23-,25-,26+/m0/s1. The maximum Gasteiger partial charge on any atom is 0.219 e. The molecule has 0 spiro atoms. The first-order valence-corrected chi connectivity index (χ1v) is 12.2. The minimum atomic E-state index is -0.0472. The van der Waals surface area contributed by atoms with Crippen molar-refractivity contribution in [2.75, 3.05) is 58.3 Å². The van der Waals surface area contributed by atoms with Gasteiger partial charge in [-0.25, -0.2) is 4.39 Å². The van der Waals surface area contributed by atoms with Crippen molar-refractivity contribution in [3.8, 4) is 0 Å². The molecule has 0 bridgehead atoms.